The number of carbonyl (C=O) groups excluding carboxylic acids is 1. The van der Waals surface area contributed by atoms with Crippen LogP contribution in [-0.2, 0) is 4.79 Å². The van der Waals surface area contributed by atoms with E-state index >= 15 is 0 Å². The second kappa shape index (κ2) is 9.01. The van der Waals surface area contributed by atoms with Crippen LogP contribution < -0.4 is 15.1 Å². The van der Waals surface area contributed by atoms with Gasteiger partial charge in [0.25, 0.3) is 5.91 Å². The molecule has 25 heavy (non-hydrogen) atoms. The summed E-state index contributed by atoms with van der Waals surface area (Å²) < 4.78 is 7.12. The molecular formula is C18H19Br2N3O2. The van der Waals surface area contributed by atoms with E-state index in [0.717, 1.165) is 25.8 Å². The molecule has 0 radical (unpaired) electrons. The topological polar surface area (TPSA) is 53.9 Å². The third-order valence-electron chi connectivity index (χ3n) is 3.30. The molecule has 1 amide bonds. The molecule has 0 fully saturated rings. The zero-order valence-corrected chi connectivity index (χ0v) is 17.4. The molecule has 0 aromatic heterocycles. The normalized spacial score (nSPS) is 10.8. The smallest absolute Gasteiger partial charge is 0.277 e. The van der Waals surface area contributed by atoms with E-state index in [1.54, 1.807) is 6.21 Å². The largest absolute Gasteiger partial charge is 0.481 e. The highest BCUT2D eigenvalue weighted by molar-refractivity contribution is 9.11. The van der Waals surface area contributed by atoms with Crippen LogP contribution in [0.15, 0.2) is 50.4 Å². The Bertz CT molecular complexity index is 751. The fraction of sp³-hybridized carbons (Fsp3) is 0.222. The monoisotopic (exact) mass is 467 g/mol. The molecule has 0 bridgehead atoms. The van der Waals surface area contributed by atoms with Crippen molar-refractivity contribution in [2.24, 2.45) is 5.10 Å². The van der Waals surface area contributed by atoms with E-state index < -0.39 is 0 Å². The lowest BCUT2D eigenvalue weighted by Crippen LogP contribution is -2.24. The van der Waals surface area contributed by atoms with Crippen molar-refractivity contribution in [3.8, 4) is 5.75 Å². The quantitative estimate of drug-likeness (QED) is 0.512. The highest BCUT2D eigenvalue weighted by atomic mass is 79.9. The van der Waals surface area contributed by atoms with Crippen LogP contribution in [-0.4, -0.2) is 32.8 Å². The number of ether oxygens (including phenoxy) is 1. The second-order valence-electron chi connectivity index (χ2n) is 5.63. The van der Waals surface area contributed by atoms with Gasteiger partial charge in [-0.2, -0.15) is 5.10 Å². The molecular weight excluding hydrogens is 450 g/mol. The lowest BCUT2D eigenvalue weighted by Gasteiger charge is -2.11. The van der Waals surface area contributed by atoms with Crippen molar-refractivity contribution in [3.63, 3.8) is 0 Å². The summed E-state index contributed by atoms with van der Waals surface area (Å²) in [4.78, 5) is 13.9. The standard InChI is InChI=1S/C18H19Br2N3O2/c1-12-8-15(19)18(16(20)9-12)25-11-17(24)22-21-10-13-4-6-14(7-5-13)23(2)3/h4-10H,11H2,1-3H3,(H,22,24)/b21-10-. The number of aryl methyl sites for hydroxylation is 1. The first-order valence-electron chi connectivity index (χ1n) is 7.54. The molecule has 0 saturated heterocycles. The van der Waals surface area contributed by atoms with Gasteiger partial charge in [-0.05, 0) is 74.2 Å². The predicted molar refractivity (Wildman–Crippen MR) is 109 cm³/mol. The number of halogens is 2. The summed E-state index contributed by atoms with van der Waals surface area (Å²) >= 11 is 6.85. The number of hydrogen-bond donors (Lipinski definition) is 1. The maximum Gasteiger partial charge on any atom is 0.277 e. The third-order valence-corrected chi connectivity index (χ3v) is 4.48. The van der Waals surface area contributed by atoms with Gasteiger partial charge >= 0.3 is 0 Å². The van der Waals surface area contributed by atoms with Crippen molar-refractivity contribution < 1.29 is 9.53 Å². The number of rotatable bonds is 6. The molecule has 0 unspecified atom stereocenters. The van der Waals surface area contributed by atoms with Crippen molar-refractivity contribution in [2.75, 3.05) is 25.6 Å². The van der Waals surface area contributed by atoms with Gasteiger partial charge in [-0.3, -0.25) is 4.79 Å². The van der Waals surface area contributed by atoms with E-state index in [0.29, 0.717) is 5.75 Å². The van der Waals surface area contributed by atoms with Crippen LogP contribution in [0.3, 0.4) is 0 Å². The second-order valence-corrected chi connectivity index (χ2v) is 7.33. The van der Waals surface area contributed by atoms with Gasteiger partial charge in [-0.1, -0.05) is 12.1 Å². The van der Waals surface area contributed by atoms with Gasteiger partial charge in [0, 0.05) is 19.8 Å². The van der Waals surface area contributed by atoms with Gasteiger partial charge in [-0.15, -0.1) is 0 Å². The molecule has 7 heteroatoms. The summed E-state index contributed by atoms with van der Waals surface area (Å²) in [7, 11) is 3.96. The van der Waals surface area contributed by atoms with Gasteiger partial charge < -0.3 is 9.64 Å². The minimum absolute atomic E-state index is 0.128. The maximum absolute atomic E-state index is 11.9. The molecule has 0 aliphatic carbocycles. The summed E-state index contributed by atoms with van der Waals surface area (Å²) in [5, 5.41) is 3.95. The molecule has 2 aromatic carbocycles. The Labute approximate surface area is 164 Å². The third kappa shape index (κ3) is 5.86. The van der Waals surface area contributed by atoms with Gasteiger partial charge in [0.15, 0.2) is 6.61 Å². The summed E-state index contributed by atoms with van der Waals surface area (Å²) in [5.41, 5.74) is 5.54. The van der Waals surface area contributed by atoms with E-state index in [2.05, 4.69) is 42.4 Å². The Morgan fingerprint density at radius 2 is 1.80 bits per heavy atom. The van der Waals surface area contributed by atoms with E-state index in [1.165, 1.54) is 0 Å². The van der Waals surface area contributed by atoms with E-state index in [-0.39, 0.29) is 12.5 Å². The van der Waals surface area contributed by atoms with Crippen molar-refractivity contribution in [3.05, 3.63) is 56.5 Å². The average molecular weight is 469 g/mol. The van der Waals surface area contributed by atoms with Gasteiger partial charge in [0.05, 0.1) is 15.2 Å². The van der Waals surface area contributed by atoms with Crippen molar-refractivity contribution >= 4 is 49.7 Å². The SMILES string of the molecule is Cc1cc(Br)c(OCC(=O)N/N=C\c2ccc(N(C)C)cc2)c(Br)c1. The van der Waals surface area contributed by atoms with Crippen molar-refractivity contribution in [2.45, 2.75) is 6.92 Å². The van der Waals surface area contributed by atoms with Crippen LogP contribution >= 0.6 is 31.9 Å². The van der Waals surface area contributed by atoms with Gasteiger partial charge in [0.2, 0.25) is 0 Å². The first-order chi connectivity index (χ1) is 11.9. The number of hydrazone groups is 1. The molecule has 0 saturated carbocycles. The molecule has 5 nitrogen and oxygen atoms in total. The summed E-state index contributed by atoms with van der Waals surface area (Å²) in [6, 6.07) is 11.7. The van der Waals surface area contributed by atoms with Crippen LogP contribution in [0.25, 0.3) is 0 Å². The van der Waals surface area contributed by atoms with Crippen LogP contribution in [0.2, 0.25) is 0 Å². The molecule has 0 atom stereocenters. The Morgan fingerprint density at radius 3 is 2.36 bits per heavy atom. The number of nitrogens with zero attached hydrogens (tertiary/aromatic N) is 2. The van der Waals surface area contributed by atoms with Crippen molar-refractivity contribution in [1.29, 1.82) is 0 Å². The van der Waals surface area contributed by atoms with Crippen LogP contribution in [0.1, 0.15) is 11.1 Å². The summed E-state index contributed by atoms with van der Waals surface area (Å²) in [6.45, 7) is 1.85. The Hall–Kier alpha value is -1.86. The Morgan fingerprint density at radius 1 is 1.20 bits per heavy atom. The van der Waals surface area contributed by atoms with Crippen LogP contribution in [0.5, 0.6) is 5.75 Å². The molecule has 1 N–H and O–H groups in total. The lowest BCUT2D eigenvalue weighted by molar-refractivity contribution is -0.123. The number of carbonyl (C=O) groups is 1. The van der Waals surface area contributed by atoms with Gasteiger partial charge in [-0.25, -0.2) is 5.43 Å². The number of nitrogens with one attached hydrogen (secondary N) is 1. The first-order valence-corrected chi connectivity index (χ1v) is 9.13. The number of anilines is 1. The zero-order chi connectivity index (χ0) is 18.4. The van der Waals surface area contributed by atoms with E-state index in [4.69, 9.17) is 4.74 Å². The molecule has 132 valence electrons. The van der Waals surface area contributed by atoms with E-state index in [9.17, 15) is 4.79 Å². The highest BCUT2D eigenvalue weighted by Gasteiger charge is 2.09. The molecule has 2 aromatic rings. The van der Waals surface area contributed by atoms with E-state index in [1.807, 2.05) is 62.3 Å². The fourth-order valence-corrected chi connectivity index (χ4v) is 3.68. The summed E-state index contributed by atoms with van der Waals surface area (Å²) in [6.07, 6.45) is 1.59. The number of hydrogen-bond acceptors (Lipinski definition) is 4. The summed E-state index contributed by atoms with van der Waals surface area (Å²) in [5.74, 6) is 0.254. The Balaban J connectivity index is 1.86. The highest BCUT2D eigenvalue weighted by Crippen LogP contribution is 2.34. The maximum atomic E-state index is 11.9. The fourth-order valence-electron chi connectivity index (χ4n) is 2.03. The molecule has 0 spiro atoms. The lowest BCUT2D eigenvalue weighted by atomic mass is 10.2. The number of amides is 1. The van der Waals surface area contributed by atoms with Crippen LogP contribution in [0.4, 0.5) is 5.69 Å². The molecule has 0 heterocycles. The minimum Gasteiger partial charge on any atom is -0.481 e. The van der Waals surface area contributed by atoms with Crippen LogP contribution in [0, 0.1) is 6.92 Å². The van der Waals surface area contributed by atoms with Crippen molar-refractivity contribution in [1.82, 2.24) is 5.43 Å². The molecule has 0 aliphatic heterocycles. The minimum atomic E-state index is -0.333. The Kier molecular flexibility index (Phi) is 7.01. The first kappa shape index (κ1) is 19.5. The van der Waals surface area contributed by atoms with Gasteiger partial charge in [0.1, 0.15) is 5.75 Å². The predicted octanol–water partition coefficient (Wildman–Crippen LogP) is 4.12. The zero-order valence-electron chi connectivity index (χ0n) is 14.2. The number of benzene rings is 2. The average Bonchev–Trinajstić information content (AvgIpc) is 2.54. The molecule has 2 rings (SSSR count). The molecule has 0 aliphatic rings.